The lowest BCUT2D eigenvalue weighted by Crippen LogP contribution is -2.48. The van der Waals surface area contributed by atoms with Crippen molar-refractivity contribution in [2.45, 2.75) is 31.3 Å². The van der Waals surface area contributed by atoms with E-state index in [1.165, 1.54) is 0 Å². The number of halogens is 1. The Morgan fingerprint density at radius 1 is 1.36 bits per heavy atom. The van der Waals surface area contributed by atoms with Crippen molar-refractivity contribution >= 4 is 27.9 Å². The van der Waals surface area contributed by atoms with Gasteiger partial charge in [0.15, 0.2) is 0 Å². The third kappa shape index (κ3) is 3.92. The Kier molecular flexibility index (Phi) is 5.22. The Bertz CT molecular complexity index is 671. The third-order valence-electron chi connectivity index (χ3n) is 5.01. The van der Waals surface area contributed by atoms with Crippen LogP contribution in [-0.2, 0) is 16.0 Å². The van der Waals surface area contributed by atoms with Crippen LogP contribution in [0.4, 0.5) is 4.79 Å². The van der Waals surface area contributed by atoms with Crippen molar-refractivity contribution in [1.29, 1.82) is 0 Å². The van der Waals surface area contributed by atoms with Gasteiger partial charge >= 0.3 is 6.09 Å². The highest BCUT2D eigenvalue weighted by molar-refractivity contribution is 9.10. The number of methoxy groups -OCH3 is 1. The summed E-state index contributed by atoms with van der Waals surface area (Å²) in [5.41, 5.74) is 0.699. The fourth-order valence-corrected chi connectivity index (χ4v) is 4.08. The zero-order valence-electron chi connectivity index (χ0n) is 14.6. The molecule has 2 amide bonds. The van der Waals surface area contributed by atoms with Crippen LogP contribution in [0.5, 0.6) is 5.75 Å². The van der Waals surface area contributed by atoms with E-state index in [-0.39, 0.29) is 12.0 Å². The monoisotopic (exact) mass is 410 g/mol. The molecule has 0 aromatic heterocycles. The molecule has 2 fully saturated rings. The quantitative estimate of drug-likeness (QED) is 0.765. The molecule has 0 atom stereocenters. The van der Waals surface area contributed by atoms with E-state index in [1.54, 1.807) is 19.1 Å². The van der Waals surface area contributed by atoms with Gasteiger partial charge in [-0.2, -0.15) is 0 Å². The second kappa shape index (κ2) is 7.23. The van der Waals surface area contributed by atoms with Crippen LogP contribution in [0.2, 0.25) is 0 Å². The molecule has 1 aromatic rings. The molecular formula is C18H23BrN2O4. The van der Waals surface area contributed by atoms with Crippen molar-refractivity contribution in [3.63, 3.8) is 0 Å². The molecule has 1 aromatic carbocycles. The van der Waals surface area contributed by atoms with Crippen LogP contribution in [0.25, 0.3) is 0 Å². The second-order valence-corrected chi connectivity index (χ2v) is 7.61. The lowest BCUT2D eigenvalue weighted by atomic mass is 9.91. The Hall–Kier alpha value is -1.76. The normalized spacial score (nSPS) is 19.2. The van der Waals surface area contributed by atoms with E-state index in [9.17, 15) is 9.59 Å². The first kappa shape index (κ1) is 18.0. The SMILES string of the molecule is COc1ccc(CCC(=O)N2CCC3(CC2)CN(C)C(=O)O3)cc1Br. The van der Waals surface area contributed by atoms with Gasteiger partial charge in [0.05, 0.1) is 18.1 Å². The molecule has 0 radical (unpaired) electrons. The number of carbonyl (C=O) groups excluding carboxylic acids is 2. The maximum absolute atomic E-state index is 12.5. The summed E-state index contributed by atoms with van der Waals surface area (Å²) < 4.78 is 11.6. The highest BCUT2D eigenvalue weighted by Gasteiger charge is 2.46. The van der Waals surface area contributed by atoms with E-state index in [0.29, 0.717) is 45.3 Å². The number of likely N-dealkylation sites (N-methyl/N-ethyl adjacent to an activating group) is 1. The number of hydrogen-bond donors (Lipinski definition) is 0. The van der Waals surface area contributed by atoms with E-state index in [2.05, 4.69) is 15.9 Å². The number of hydrogen-bond acceptors (Lipinski definition) is 4. The molecule has 2 heterocycles. The summed E-state index contributed by atoms with van der Waals surface area (Å²) in [5.74, 6) is 0.937. The maximum Gasteiger partial charge on any atom is 0.410 e. The van der Waals surface area contributed by atoms with Gasteiger partial charge < -0.3 is 19.3 Å². The van der Waals surface area contributed by atoms with E-state index in [1.807, 2.05) is 23.1 Å². The predicted molar refractivity (Wildman–Crippen MR) is 96.7 cm³/mol. The van der Waals surface area contributed by atoms with Crippen LogP contribution in [0.3, 0.4) is 0 Å². The molecule has 0 unspecified atom stereocenters. The minimum Gasteiger partial charge on any atom is -0.496 e. The molecule has 0 N–H and O–H groups in total. The number of likely N-dealkylation sites (tertiary alicyclic amines) is 1. The molecule has 136 valence electrons. The number of carbonyl (C=O) groups is 2. The fraction of sp³-hybridized carbons (Fsp3) is 0.556. The lowest BCUT2D eigenvalue weighted by Gasteiger charge is -2.37. The maximum atomic E-state index is 12.5. The van der Waals surface area contributed by atoms with Crippen molar-refractivity contribution in [3.05, 3.63) is 28.2 Å². The van der Waals surface area contributed by atoms with E-state index in [0.717, 1.165) is 15.8 Å². The Balaban J connectivity index is 1.50. The number of amides is 2. The number of ether oxygens (including phenoxy) is 2. The summed E-state index contributed by atoms with van der Waals surface area (Å²) in [6.07, 6.45) is 2.34. The molecule has 1 spiro atoms. The van der Waals surface area contributed by atoms with Gasteiger partial charge in [-0.1, -0.05) is 6.07 Å². The molecule has 0 aliphatic carbocycles. The van der Waals surface area contributed by atoms with Crippen LogP contribution < -0.4 is 4.74 Å². The molecule has 2 aliphatic heterocycles. The van der Waals surface area contributed by atoms with E-state index >= 15 is 0 Å². The molecule has 3 rings (SSSR count). The van der Waals surface area contributed by atoms with Crippen molar-refractivity contribution in [1.82, 2.24) is 9.80 Å². The Morgan fingerprint density at radius 2 is 2.08 bits per heavy atom. The standard InChI is InChI=1S/C18H23BrN2O4/c1-20-12-18(25-17(20)23)7-9-21(10-8-18)16(22)6-4-13-3-5-15(24-2)14(19)11-13/h3,5,11H,4,6-10,12H2,1-2H3. The molecule has 2 saturated heterocycles. The number of benzene rings is 1. The van der Waals surface area contributed by atoms with Gasteiger partial charge in [-0.25, -0.2) is 4.79 Å². The largest absolute Gasteiger partial charge is 0.496 e. The van der Waals surface area contributed by atoms with Crippen molar-refractivity contribution in [2.24, 2.45) is 0 Å². The van der Waals surface area contributed by atoms with Gasteiger partial charge in [-0.3, -0.25) is 4.79 Å². The van der Waals surface area contributed by atoms with Crippen LogP contribution in [0.15, 0.2) is 22.7 Å². The third-order valence-corrected chi connectivity index (χ3v) is 5.63. The molecule has 7 heteroatoms. The van der Waals surface area contributed by atoms with Crippen LogP contribution in [-0.4, -0.2) is 61.2 Å². The highest BCUT2D eigenvalue weighted by Crippen LogP contribution is 2.33. The Morgan fingerprint density at radius 3 is 2.64 bits per heavy atom. The van der Waals surface area contributed by atoms with E-state index < -0.39 is 5.60 Å². The summed E-state index contributed by atoms with van der Waals surface area (Å²) in [7, 11) is 3.38. The molecule has 25 heavy (non-hydrogen) atoms. The van der Waals surface area contributed by atoms with Crippen molar-refractivity contribution in [3.8, 4) is 5.75 Å². The fourth-order valence-electron chi connectivity index (χ4n) is 3.49. The minimum atomic E-state index is -0.399. The number of nitrogens with zero attached hydrogens (tertiary/aromatic N) is 2. The number of piperidine rings is 1. The molecular weight excluding hydrogens is 388 g/mol. The summed E-state index contributed by atoms with van der Waals surface area (Å²) in [4.78, 5) is 27.6. The van der Waals surface area contributed by atoms with Crippen LogP contribution in [0, 0.1) is 0 Å². The smallest absolute Gasteiger partial charge is 0.410 e. The van der Waals surface area contributed by atoms with Gasteiger partial charge in [-0.05, 0) is 40.0 Å². The highest BCUT2D eigenvalue weighted by atomic mass is 79.9. The minimum absolute atomic E-state index is 0.152. The zero-order chi connectivity index (χ0) is 18.0. The second-order valence-electron chi connectivity index (χ2n) is 6.76. The number of rotatable bonds is 4. The van der Waals surface area contributed by atoms with Crippen LogP contribution >= 0.6 is 15.9 Å². The summed E-state index contributed by atoms with van der Waals surface area (Å²) >= 11 is 3.47. The van der Waals surface area contributed by atoms with Gasteiger partial charge in [0.2, 0.25) is 5.91 Å². The average molecular weight is 411 g/mol. The molecule has 0 bridgehead atoms. The number of aryl methyl sites for hydroxylation is 1. The first-order valence-electron chi connectivity index (χ1n) is 8.47. The summed E-state index contributed by atoms with van der Waals surface area (Å²) in [5, 5.41) is 0. The van der Waals surface area contributed by atoms with Gasteiger partial charge in [0, 0.05) is 39.4 Å². The lowest BCUT2D eigenvalue weighted by molar-refractivity contribution is -0.134. The molecule has 6 nitrogen and oxygen atoms in total. The first-order chi connectivity index (χ1) is 11.9. The topological polar surface area (TPSA) is 59.1 Å². The van der Waals surface area contributed by atoms with Gasteiger partial charge in [-0.15, -0.1) is 0 Å². The molecule has 0 saturated carbocycles. The molecule has 2 aliphatic rings. The van der Waals surface area contributed by atoms with Crippen LogP contribution in [0.1, 0.15) is 24.8 Å². The Labute approximate surface area is 156 Å². The van der Waals surface area contributed by atoms with Crippen molar-refractivity contribution in [2.75, 3.05) is 33.8 Å². The summed E-state index contributed by atoms with van der Waals surface area (Å²) in [6, 6.07) is 5.88. The van der Waals surface area contributed by atoms with E-state index in [4.69, 9.17) is 9.47 Å². The zero-order valence-corrected chi connectivity index (χ0v) is 16.2. The summed E-state index contributed by atoms with van der Waals surface area (Å²) in [6.45, 7) is 1.91. The van der Waals surface area contributed by atoms with Gasteiger partial charge in [0.25, 0.3) is 0 Å². The van der Waals surface area contributed by atoms with Crippen molar-refractivity contribution < 1.29 is 19.1 Å². The first-order valence-corrected chi connectivity index (χ1v) is 9.26. The van der Waals surface area contributed by atoms with Gasteiger partial charge in [0.1, 0.15) is 11.4 Å². The predicted octanol–water partition coefficient (Wildman–Crippen LogP) is 2.83. The average Bonchev–Trinajstić information content (AvgIpc) is 2.87.